The van der Waals surface area contributed by atoms with Gasteiger partial charge < -0.3 is 9.73 Å². The number of amides is 1. The number of carbonyl (C=O) groups is 1. The summed E-state index contributed by atoms with van der Waals surface area (Å²) in [5.41, 5.74) is 2.00. The Morgan fingerprint density at radius 1 is 1.14 bits per heavy atom. The van der Waals surface area contributed by atoms with Crippen LogP contribution in [0.15, 0.2) is 52.9 Å². The third kappa shape index (κ3) is 2.85. The van der Waals surface area contributed by atoms with Crippen LogP contribution < -0.4 is 5.32 Å². The molecule has 1 aromatic heterocycles. The van der Waals surface area contributed by atoms with E-state index in [2.05, 4.69) is 15.5 Å². The maximum atomic E-state index is 13.2. The van der Waals surface area contributed by atoms with E-state index in [0.717, 1.165) is 5.56 Å². The molecule has 6 heteroatoms. The lowest BCUT2D eigenvalue weighted by molar-refractivity contribution is 0.0990. The van der Waals surface area contributed by atoms with E-state index >= 15 is 0 Å². The van der Waals surface area contributed by atoms with Crippen molar-refractivity contribution in [3.05, 3.63) is 65.8 Å². The van der Waals surface area contributed by atoms with Gasteiger partial charge in [-0.05, 0) is 36.8 Å². The topological polar surface area (TPSA) is 68.0 Å². The molecular formula is C16H12FN3O2. The zero-order valence-electron chi connectivity index (χ0n) is 11.7. The molecule has 0 aliphatic rings. The Balaban J connectivity index is 1.82. The molecule has 5 nitrogen and oxygen atoms in total. The Morgan fingerprint density at radius 2 is 1.95 bits per heavy atom. The fraction of sp³-hybridized carbons (Fsp3) is 0.0625. The molecule has 2 aromatic carbocycles. The molecule has 0 spiro atoms. The van der Waals surface area contributed by atoms with Gasteiger partial charge in [0, 0.05) is 11.3 Å². The summed E-state index contributed by atoms with van der Waals surface area (Å²) in [7, 11) is 0. The average Bonchev–Trinajstić information content (AvgIpc) is 2.99. The van der Waals surface area contributed by atoms with Gasteiger partial charge in [0.2, 0.25) is 5.89 Å². The largest absolute Gasteiger partial charge is 0.412 e. The quantitative estimate of drug-likeness (QED) is 0.804. The molecule has 3 aromatic rings. The number of nitrogens with zero attached hydrogens (tertiary/aromatic N) is 2. The second kappa shape index (κ2) is 5.77. The van der Waals surface area contributed by atoms with E-state index in [0.29, 0.717) is 11.3 Å². The minimum absolute atomic E-state index is 0.0921. The summed E-state index contributed by atoms with van der Waals surface area (Å²) in [5.74, 6) is -1.01. The van der Waals surface area contributed by atoms with Crippen LogP contribution in [0.5, 0.6) is 0 Å². The molecule has 0 saturated heterocycles. The van der Waals surface area contributed by atoms with Crippen molar-refractivity contribution in [1.29, 1.82) is 0 Å². The van der Waals surface area contributed by atoms with Gasteiger partial charge in [-0.2, -0.15) is 0 Å². The maximum Gasteiger partial charge on any atom is 0.313 e. The van der Waals surface area contributed by atoms with Crippen LogP contribution in [0.3, 0.4) is 0 Å². The SMILES string of the molecule is Cc1ccccc1NC(=O)c1nnc(-c2cccc(F)c2)o1. The van der Waals surface area contributed by atoms with Gasteiger partial charge in [-0.15, -0.1) is 10.2 Å². The van der Waals surface area contributed by atoms with E-state index in [1.807, 2.05) is 25.1 Å². The minimum Gasteiger partial charge on any atom is -0.412 e. The molecule has 0 fully saturated rings. The molecule has 0 unspecified atom stereocenters. The summed E-state index contributed by atoms with van der Waals surface area (Å²) < 4.78 is 18.5. The number of carbonyl (C=O) groups excluding carboxylic acids is 1. The van der Waals surface area contributed by atoms with Crippen molar-refractivity contribution < 1.29 is 13.6 Å². The Labute approximate surface area is 125 Å². The summed E-state index contributed by atoms with van der Waals surface area (Å²) in [6.45, 7) is 1.88. The van der Waals surface area contributed by atoms with Crippen molar-refractivity contribution in [1.82, 2.24) is 10.2 Å². The predicted octanol–water partition coefficient (Wildman–Crippen LogP) is 3.44. The average molecular weight is 297 g/mol. The minimum atomic E-state index is -0.510. The van der Waals surface area contributed by atoms with Crippen LogP contribution in [0.1, 0.15) is 16.2 Å². The van der Waals surface area contributed by atoms with Gasteiger partial charge in [0.15, 0.2) is 0 Å². The van der Waals surface area contributed by atoms with Crippen molar-refractivity contribution >= 4 is 11.6 Å². The van der Waals surface area contributed by atoms with Crippen molar-refractivity contribution in [2.45, 2.75) is 6.92 Å². The first-order chi connectivity index (χ1) is 10.6. The van der Waals surface area contributed by atoms with E-state index in [9.17, 15) is 9.18 Å². The van der Waals surface area contributed by atoms with Gasteiger partial charge in [-0.1, -0.05) is 24.3 Å². The number of aryl methyl sites for hydroxylation is 1. The van der Waals surface area contributed by atoms with Gasteiger partial charge in [-0.25, -0.2) is 4.39 Å². The van der Waals surface area contributed by atoms with Crippen LogP contribution in [0.4, 0.5) is 10.1 Å². The van der Waals surface area contributed by atoms with Crippen molar-refractivity contribution in [3.63, 3.8) is 0 Å². The molecule has 1 amide bonds. The number of anilines is 1. The fourth-order valence-corrected chi connectivity index (χ4v) is 1.94. The lowest BCUT2D eigenvalue weighted by atomic mass is 10.2. The normalized spacial score (nSPS) is 10.5. The Hall–Kier alpha value is -3.02. The lowest BCUT2D eigenvalue weighted by Crippen LogP contribution is -2.13. The molecule has 0 bridgehead atoms. The van der Waals surface area contributed by atoms with E-state index in [4.69, 9.17) is 4.42 Å². The third-order valence-corrected chi connectivity index (χ3v) is 3.08. The standard InChI is InChI=1S/C16H12FN3O2/c1-10-5-2-3-8-13(10)18-14(21)16-20-19-15(22-16)11-6-4-7-12(17)9-11/h2-9H,1H3,(H,18,21). The molecule has 0 saturated carbocycles. The second-order valence-electron chi connectivity index (χ2n) is 4.69. The number of halogens is 1. The van der Waals surface area contributed by atoms with Gasteiger partial charge in [-0.3, -0.25) is 4.79 Å². The van der Waals surface area contributed by atoms with E-state index in [1.54, 1.807) is 12.1 Å². The molecule has 110 valence electrons. The summed E-state index contributed by atoms with van der Waals surface area (Å²) in [5, 5.41) is 10.2. The zero-order chi connectivity index (χ0) is 15.5. The highest BCUT2D eigenvalue weighted by atomic mass is 19.1. The number of nitrogens with one attached hydrogen (secondary N) is 1. The highest BCUT2D eigenvalue weighted by molar-refractivity contribution is 6.01. The predicted molar refractivity (Wildman–Crippen MR) is 78.8 cm³/mol. The highest BCUT2D eigenvalue weighted by Gasteiger charge is 2.16. The first-order valence-corrected chi connectivity index (χ1v) is 6.60. The molecule has 1 N–H and O–H groups in total. The zero-order valence-corrected chi connectivity index (χ0v) is 11.7. The lowest BCUT2D eigenvalue weighted by Gasteiger charge is -2.05. The van der Waals surface area contributed by atoms with Gasteiger partial charge in [0.05, 0.1) is 0 Å². The molecule has 1 heterocycles. The Bertz CT molecular complexity index is 830. The summed E-state index contributed by atoms with van der Waals surface area (Å²) in [6, 6.07) is 13.1. The monoisotopic (exact) mass is 297 g/mol. The molecule has 0 aliphatic heterocycles. The fourth-order valence-electron chi connectivity index (χ4n) is 1.94. The summed E-state index contributed by atoms with van der Waals surface area (Å²) in [4.78, 5) is 12.1. The van der Waals surface area contributed by atoms with Gasteiger partial charge >= 0.3 is 11.8 Å². The van der Waals surface area contributed by atoms with Crippen LogP contribution in [0.2, 0.25) is 0 Å². The molecule has 0 radical (unpaired) electrons. The van der Waals surface area contributed by atoms with Crippen molar-refractivity contribution in [3.8, 4) is 11.5 Å². The van der Waals surface area contributed by atoms with Crippen molar-refractivity contribution in [2.75, 3.05) is 5.32 Å². The molecule has 3 rings (SSSR count). The van der Waals surface area contributed by atoms with Gasteiger partial charge in [0.1, 0.15) is 5.82 Å². The van der Waals surface area contributed by atoms with Crippen LogP contribution in [-0.2, 0) is 0 Å². The first kappa shape index (κ1) is 13.9. The number of hydrogen-bond donors (Lipinski definition) is 1. The maximum absolute atomic E-state index is 13.2. The van der Waals surface area contributed by atoms with Gasteiger partial charge in [0.25, 0.3) is 0 Å². The molecule has 0 aliphatic carbocycles. The molecular weight excluding hydrogens is 285 g/mol. The Kier molecular flexibility index (Phi) is 3.65. The number of para-hydroxylation sites is 1. The smallest absolute Gasteiger partial charge is 0.313 e. The van der Waals surface area contributed by atoms with Crippen LogP contribution in [0.25, 0.3) is 11.5 Å². The Morgan fingerprint density at radius 3 is 2.73 bits per heavy atom. The molecule has 22 heavy (non-hydrogen) atoms. The van der Waals surface area contributed by atoms with Crippen LogP contribution in [0, 0.1) is 12.7 Å². The van der Waals surface area contributed by atoms with Crippen molar-refractivity contribution in [2.24, 2.45) is 0 Å². The number of aromatic nitrogens is 2. The highest BCUT2D eigenvalue weighted by Crippen LogP contribution is 2.19. The third-order valence-electron chi connectivity index (χ3n) is 3.08. The first-order valence-electron chi connectivity index (χ1n) is 6.60. The number of hydrogen-bond acceptors (Lipinski definition) is 4. The number of rotatable bonds is 3. The van der Waals surface area contributed by atoms with E-state index in [-0.39, 0.29) is 11.8 Å². The van der Waals surface area contributed by atoms with E-state index in [1.165, 1.54) is 18.2 Å². The summed E-state index contributed by atoms with van der Waals surface area (Å²) in [6.07, 6.45) is 0. The second-order valence-corrected chi connectivity index (χ2v) is 4.69. The van der Waals surface area contributed by atoms with Crippen LogP contribution in [-0.4, -0.2) is 16.1 Å². The molecule has 0 atom stereocenters. The number of benzene rings is 2. The van der Waals surface area contributed by atoms with E-state index < -0.39 is 11.7 Å². The summed E-state index contributed by atoms with van der Waals surface area (Å²) >= 11 is 0. The van der Waals surface area contributed by atoms with Crippen LogP contribution >= 0.6 is 0 Å².